The Morgan fingerprint density at radius 2 is 2.09 bits per heavy atom. The predicted molar refractivity (Wildman–Crippen MR) is 87.6 cm³/mol. The maximum absolute atomic E-state index is 12.6. The van der Waals surface area contributed by atoms with Gasteiger partial charge in [-0.15, -0.1) is 0 Å². The van der Waals surface area contributed by atoms with Crippen LogP contribution < -0.4 is 5.32 Å². The zero-order valence-corrected chi connectivity index (χ0v) is 13.8. The van der Waals surface area contributed by atoms with E-state index < -0.39 is 0 Å². The molecule has 3 heterocycles. The molecule has 0 aromatic carbocycles. The molecule has 0 bridgehead atoms. The van der Waals surface area contributed by atoms with Gasteiger partial charge in [-0.1, -0.05) is 0 Å². The van der Waals surface area contributed by atoms with E-state index in [1.165, 1.54) is 0 Å². The minimum absolute atomic E-state index is 0.133. The fraction of sp³-hybridized carbons (Fsp3) is 0.294. The lowest BCUT2D eigenvalue weighted by Gasteiger charge is -2.08. The zero-order valence-electron chi connectivity index (χ0n) is 13.8. The molecular formula is C17H20N4O2. The number of carbonyl (C=O) groups is 1. The first kappa shape index (κ1) is 15.1. The van der Waals surface area contributed by atoms with Crippen LogP contribution in [0.2, 0.25) is 0 Å². The van der Waals surface area contributed by atoms with Crippen LogP contribution in [0.4, 0.5) is 5.82 Å². The van der Waals surface area contributed by atoms with Gasteiger partial charge in [0.15, 0.2) is 0 Å². The summed E-state index contributed by atoms with van der Waals surface area (Å²) in [5.41, 5.74) is 3.46. The maximum Gasteiger partial charge on any atom is 0.258 e. The summed E-state index contributed by atoms with van der Waals surface area (Å²) in [6.07, 6.45) is 1.65. The Bertz CT molecular complexity index is 840. The minimum Gasteiger partial charge on any atom is -0.467 e. The van der Waals surface area contributed by atoms with Crippen molar-refractivity contribution in [3.8, 4) is 0 Å². The molecule has 3 rings (SSSR count). The molecular weight excluding hydrogens is 292 g/mol. The summed E-state index contributed by atoms with van der Waals surface area (Å²) >= 11 is 0. The Hall–Kier alpha value is -2.76. The Morgan fingerprint density at radius 3 is 2.70 bits per heavy atom. The van der Waals surface area contributed by atoms with E-state index in [2.05, 4.69) is 15.0 Å². The molecule has 3 aromatic rings. The van der Waals surface area contributed by atoms with Gasteiger partial charge in [0.1, 0.15) is 11.6 Å². The molecule has 0 fully saturated rings. The fourth-order valence-electron chi connectivity index (χ4n) is 2.74. The molecule has 6 heteroatoms. The average Bonchev–Trinajstić information content (AvgIpc) is 3.17. The van der Waals surface area contributed by atoms with Crippen LogP contribution in [0.5, 0.6) is 0 Å². The topological polar surface area (TPSA) is 65.0 Å². The number of rotatable bonds is 4. The molecule has 1 N–H and O–H groups in total. The number of nitrogens with one attached hydrogen (secondary N) is 1. The normalized spacial score (nSPS) is 11.0. The molecule has 23 heavy (non-hydrogen) atoms. The second-order valence-electron chi connectivity index (χ2n) is 5.70. The number of anilines is 1. The second-order valence-corrected chi connectivity index (χ2v) is 5.70. The van der Waals surface area contributed by atoms with Gasteiger partial charge in [-0.25, -0.2) is 0 Å². The van der Waals surface area contributed by atoms with E-state index >= 15 is 0 Å². The van der Waals surface area contributed by atoms with Gasteiger partial charge in [0, 0.05) is 24.5 Å². The van der Waals surface area contributed by atoms with Crippen molar-refractivity contribution >= 4 is 11.7 Å². The third kappa shape index (κ3) is 2.92. The van der Waals surface area contributed by atoms with Crippen LogP contribution in [0, 0.1) is 20.8 Å². The molecule has 3 aromatic heterocycles. The van der Waals surface area contributed by atoms with E-state index in [4.69, 9.17) is 4.42 Å². The highest BCUT2D eigenvalue weighted by Crippen LogP contribution is 2.19. The summed E-state index contributed by atoms with van der Waals surface area (Å²) in [6.45, 7) is 6.44. The summed E-state index contributed by atoms with van der Waals surface area (Å²) in [7, 11) is 1.81. The Balaban J connectivity index is 1.85. The number of aryl methyl sites for hydroxylation is 3. The van der Waals surface area contributed by atoms with Gasteiger partial charge in [-0.05, 0) is 39.0 Å². The molecule has 0 atom stereocenters. The third-order valence-corrected chi connectivity index (χ3v) is 3.96. The first-order valence-corrected chi connectivity index (χ1v) is 7.47. The molecule has 0 aliphatic carbocycles. The Morgan fingerprint density at radius 1 is 1.30 bits per heavy atom. The molecule has 0 saturated heterocycles. The molecule has 0 unspecified atom stereocenters. The molecule has 120 valence electrons. The number of amides is 1. The second kappa shape index (κ2) is 5.79. The van der Waals surface area contributed by atoms with E-state index in [1.807, 2.05) is 52.1 Å². The van der Waals surface area contributed by atoms with Crippen LogP contribution >= 0.6 is 0 Å². The lowest BCUT2D eigenvalue weighted by atomic mass is 10.2. The predicted octanol–water partition coefficient (Wildman–Crippen LogP) is 3.04. The minimum atomic E-state index is -0.133. The highest BCUT2D eigenvalue weighted by Gasteiger charge is 2.17. The van der Waals surface area contributed by atoms with Gasteiger partial charge in [0.2, 0.25) is 0 Å². The lowest BCUT2D eigenvalue weighted by molar-refractivity contribution is 0.102. The summed E-state index contributed by atoms with van der Waals surface area (Å²) in [5.74, 6) is 1.41. The van der Waals surface area contributed by atoms with Crippen LogP contribution in [-0.4, -0.2) is 20.3 Å². The first-order valence-electron chi connectivity index (χ1n) is 7.47. The van der Waals surface area contributed by atoms with Crippen molar-refractivity contribution in [3.05, 3.63) is 58.9 Å². The third-order valence-electron chi connectivity index (χ3n) is 3.96. The number of nitrogens with zero attached hydrogens (tertiary/aromatic N) is 3. The van der Waals surface area contributed by atoms with Crippen molar-refractivity contribution in [3.63, 3.8) is 0 Å². The molecule has 0 saturated carbocycles. The zero-order chi connectivity index (χ0) is 16.6. The number of furan rings is 1. The standard InChI is InChI=1S/C17H20N4O2/c1-11-8-16(20(4)19-11)18-17(22)15-9-12(2)21(13(15)3)10-14-6-5-7-23-14/h5-9H,10H2,1-4H3,(H,18,22). The van der Waals surface area contributed by atoms with Crippen molar-refractivity contribution < 1.29 is 9.21 Å². The monoisotopic (exact) mass is 312 g/mol. The smallest absolute Gasteiger partial charge is 0.258 e. The largest absolute Gasteiger partial charge is 0.467 e. The first-order chi connectivity index (χ1) is 11.0. The summed E-state index contributed by atoms with van der Waals surface area (Å²) in [5, 5.41) is 7.15. The van der Waals surface area contributed by atoms with Crippen LogP contribution in [0.25, 0.3) is 0 Å². The van der Waals surface area contributed by atoms with Gasteiger partial charge >= 0.3 is 0 Å². The molecule has 6 nitrogen and oxygen atoms in total. The van der Waals surface area contributed by atoms with E-state index in [0.717, 1.165) is 22.8 Å². The van der Waals surface area contributed by atoms with Crippen LogP contribution in [0.15, 0.2) is 34.9 Å². The molecule has 0 aliphatic heterocycles. The highest BCUT2D eigenvalue weighted by molar-refractivity contribution is 6.04. The SMILES string of the molecule is Cc1cc(NC(=O)c2cc(C)n(Cc3ccco3)c2C)n(C)n1. The number of hydrogen-bond donors (Lipinski definition) is 1. The van der Waals surface area contributed by atoms with Crippen molar-refractivity contribution in [1.82, 2.24) is 14.3 Å². The molecule has 0 radical (unpaired) electrons. The van der Waals surface area contributed by atoms with Gasteiger partial charge in [0.25, 0.3) is 5.91 Å². The Labute approximate surface area is 134 Å². The van der Waals surface area contributed by atoms with E-state index in [0.29, 0.717) is 17.9 Å². The summed E-state index contributed by atoms with van der Waals surface area (Å²) < 4.78 is 9.13. The van der Waals surface area contributed by atoms with Gasteiger partial charge in [0.05, 0.1) is 24.1 Å². The average molecular weight is 312 g/mol. The highest BCUT2D eigenvalue weighted by atomic mass is 16.3. The van der Waals surface area contributed by atoms with E-state index in [9.17, 15) is 4.79 Å². The summed E-state index contributed by atoms with van der Waals surface area (Å²) in [4.78, 5) is 12.6. The van der Waals surface area contributed by atoms with Crippen LogP contribution in [0.3, 0.4) is 0 Å². The molecule has 0 spiro atoms. The van der Waals surface area contributed by atoms with Gasteiger partial charge < -0.3 is 14.3 Å². The lowest BCUT2D eigenvalue weighted by Crippen LogP contribution is -2.15. The number of aromatic nitrogens is 3. The number of hydrogen-bond acceptors (Lipinski definition) is 3. The summed E-state index contributed by atoms with van der Waals surface area (Å²) in [6, 6.07) is 7.54. The van der Waals surface area contributed by atoms with E-state index in [-0.39, 0.29) is 5.91 Å². The van der Waals surface area contributed by atoms with Gasteiger partial charge in [-0.2, -0.15) is 5.10 Å². The quantitative estimate of drug-likeness (QED) is 0.805. The number of carbonyl (C=O) groups excluding carboxylic acids is 1. The van der Waals surface area contributed by atoms with Crippen molar-refractivity contribution in [2.75, 3.05) is 5.32 Å². The fourth-order valence-corrected chi connectivity index (χ4v) is 2.74. The van der Waals surface area contributed by atoms with Gasteiger partial charge in [-0.3, -0.25) is 9.48 Å². The van der Waals surface area contributed by atoms with Crippen molar-refractivity contribution in [2.45, 2.75) is 27.3 Å². The Kier molecular flexibility index (Phi) is 3.82. The maximum atomic E-state index is 12.6. The van der Waals surface area contributed by atoms with Crippen molar-refractivity contribution in [1.29, 1.82) is 0 Å². The molecule has 0 aliphatic rings. The van der Waals surface area contributed by atoms with E-state index in [1.54, 1.807) is 10.9 Å². The van der Waals surface area contributed by atoms with Crippen LogP contribution in [0.1, 0.15) is 33.2 Å². The van der Waals surface area contributed by atoms with Crippen LogP contribution in [-0.2, 0) is 13.6 Å². The molecule has 1 amide bonds. The van der Waals surface area contributed by atoms with Crippen molar-refractivity contribution in [2.24, 2.45) is 7.05 Å².